The third kappa shape index (κ3) is 5.04. The summed E-state index contributed by atoms with van der Waals surface area (Å²) in [5, 5.41) is 3.47. The van der Waals surface area contributed by atoms with Crippen molar-refractivity contribution in [1.82, 2.24) is 20.3 Å². The molecule has 0 unspecified atom stereocenters. The van der Waals surface area contributed by atoms with E-state index in [1.165, 1.54) is 12.1 Å². The smallest absolute Gasteiger partial charge is 0.255 e. The first-order chi connectivity index (χ1) is 19.0. The fraction of sp³-hybridized carbons (Fsp3) is 0.286. The Bertz CT molecular complexity index is 1760. The molecule has 40 heavy (non-hydrogen) atoms. The van der Waals surface area contributed by atoms with E-state index in [0.717, 1.165) is 0 Å². The van der Waals surface area contributed by atoms with Gasteiger partial charge in [0.25, 0.3) is 11.8 Å². The Morgan fingerprint density at radius 3 is 2.60 bits per heavy atom. The zero-order chi connectivity index (χ0) is 28.1. The van der Waals surface area contributed by atoms with Crippen LogP contribution in [0, 0.1) is 0 Å². The minimum Gasteiger partial charge on any atom is -0.376 e. The number of amides is 1. The average molecular weight is 569 g/mol. The summed E-state index contributed by atoms with van der Waals surface area (Å²) in [5.74, 6) is -3.64. The number of ether oxygens (including phenoxy) is 1. The van der Waals surface area contributed by atoms with Crippen LogP contribution in [0.3, 0.4) is 0 Å². The number of rotatable bonds is 5. The number of sulfone groups is 1. The molecule has 0 radical (unpaired) electrons. The molecule has 4 aromatic rings. The molecule has 0 bridgehead atoms. The normalized spacial score (nSPS) is 18.8. The van der Waals surface area contributed by atoms with Gasteiger partial charge in [0.05, 0.1) is 71.5 Å². The number of nitrogens with zero attached hydrogens (tertiary/aromatic N) is 3. The van der Waals surface area contributed by atoms with Gasteiger partial charge in [-0.2, -0.15) is 0 Å². The van der Waals surface area contributed by atoms with E-state index in [1.54, 1.807) is 48.7 Å². The van der Waals surface area contributed by atoms with Crippen molar-refractivity contribution < 1.29 is 31.1 Å². The van der Waals surface area contributed by atoms with Crippen LogP contribution in [0.4, 0.5) is 13.2 Å². The van der Waals surface area contributed by atoms with Gasteiger partial charge in [-0.25, -0.2) is 31.6 Å². The van der Waals surface area contributed by atoms with Gasteiger partial charge < -0.3 is 10.1 Å². The maximum Gasteiger partial charge on any atom is 0.255 e. The van der Waals surface area contributed by atoms with Crippen molar-refractivity contribution in [3.8, 4) is 11.4 Å². The summed E-state index contributed by atoms with van der Waals surface area (Å²) in [7, 11) is -3.55. The third-order valence-corrected chi connectivity index (χ3v) is 8.78. The predicted molar refractivity (Wildman–Crippen MR) is 139 cm³/mol. The second-order valence-corrected chi connectivity index (χ2v) is 12.1. The summed E-state index contributed by atoms with van der Waals surface area (Å²) in [6.45, 7) is 0.315. The first-order valence-electron chi connectivity index (χ1n) is 12.5. The van der Waals surface area contributed by atoms with E-state index in [4.69, 9.17) is 4.74 Å². The van der Waals surface area contributed by atoms with Crippen molar-refractivity contribution in [1.29, 1.82) is 0 Å². The number of nitrogens with one attached hydrogen (secondary N) is 1. The van der Waals surface area contributed by atoms with E-state index >= 15 is 0 Å². The van der Waals surface area contributed by atoms with Crippen molar-refractivity contribution in [3.05, 3.63) is 83.3 Å². The Balaban J connectivity index is 1.20. The molecule has 0 spiro atoms. The maximum atomic E-state index is 14.9. The van der Waals surface area contributed by atoms with Crippen molar-refractivity contribution in [2.75, 3.05) is 12.4 Å². The molecule has 1 aliphatic carbocycles. The fourth-order valence-corrected chi connectivity index (χ4v) is 6.30. The molecule has 2 aliphatic rings. The first-order valence-corrected chi connectivity index (χ1v) is 14.2. The Morgan fingerprint density at radius 1 is 1.00 bits per heavy atom. The zero-order valence-electron chi connectivity index (χ0n) is 21.0. The summed E-state index contributed by atoms with van der Waals surface area (Å²) in [5.41, 5.74) is 0.329. The monoisotopic (exact) mass is 568 g/mol. The molecule has 1 aromatic carbocycles. The molecule has 8 nitrogen and oxygen atoms in total. The number of benzene rings is 1. The highest BCUT2D eigenvalue weighted by molar-refractivity contribution is 7.91. The third-order valence-electron chi connectivity index (χ3n) is 7.03. The fourth-order valence-electron chi connectivity index (χ4n) is 4.91. The molecule has 1 saturated carbocycles. The summed E-state index contributed by atoms with van der Waals surface area (Å²) < 4.78 is 72.0. The molecule has 0 saturated heterocycles. The zero-order valence-corrected chi connectivity index (χ0v) is 21.8. The second kappa shape index (κ2) is 9.63. The molecule has 4 heterocycles. The van der Waals surface area contributed by atoms with E-state index < -0.39 is 40.2 Å². The van der Waals surface area contributed by atoms with Crippen LogP contribution in [0.2, 0.25) is 0 Å². The molecule has 1 aliphatic heterocycles. The van der Waals surface area contributed by atoms with Gasteiger partial charge in [-0.05, 0) is 48.0 Å². The molecule has 1 fully saturated rings. The van der Waals surface area contributed by atoms with Crippen LogP contribution in [-0.2, 0) is 33.4 Å². The highest BCUT2D eigenvalue weighted by Crippen LogP contribution is 2.54. The van der Waals surface area contributed by atoms with Gasteiger partial charge in [0.2, 0.25) is 0 Å². The van der Waals surface area contributed by atoms with Crippen LogP contribution in [0.15, 0.2) is 65.7 Å². The minimum atomic E-state index is -3.55. The van der Waals surface area contributed by atoms with Gasteiger partial charge in [-0.3, -0.25) is 9.78 Å². The minimum absolute atomic E-state index is 0.0471. The lowest BCUT2D eigenvalue weighted by molar-refractivity contribution is -0.176. The number of hydrogen-bond donors (Lipinski definition) is 1. The van der Waals surface area contributed by atoms with Gasteiger partial charge in [-0.15, -0.1) is 0 Å². The van der Waals surface area contributed by atoms with Gasteiger partial charge in [-0.1, -0.05) is 12.1 Å². The second-order valence-electron chi connectivity index (χ2n) is 10.0. The van der Waals surface area contributed by atoms with Gasteiger partial charge in [0, 0.05) is 17.1 Å². The molecule has 12 heteroatoms. The number of alkyl halides is 3. The summed E-state index contributed by atoms with van der Waals surface area (Å²) in [6.07, 6.45) is -0.185. The van der Waals surface area contributed by atoms with Crippen molar-refractivity contribution >= 4 is 26.6 Å². The van der Waals surface area contributed by atoms with E-state index in [-0.39, 0.29) is 41.7 Å². The Kier molecular flexibility index (Phi) is 6.34. The van der Waals surface area contributed by atoms with Crippen LogP contribution in [0.1, 0.15) is 40.2 Å². The molecule has 6 rings (SSSR count). The number of aromatic nitrogens is 3. The highest BCUT2D eigenvalue weighted by atomic mass is 32.2. The Hall–Kier alpha value is -3.90. The standard InChI is InChI=1S/C28H23F3N4O4S/c29-27(15-28(30,31)16-27)25-3-1-2-21(35-25)22-7-6-18-12-32-20(11-23(18)34-22)13-33-26(36)17-4-5-19-14-39-8-9-40(37,38)24(19)10-17/h1-7,10-12H,8-9,13-16H2,(H,33,36). The van der Waals surface area contributed by atoms with Crippen molar-refractivity contribution in [2.45, 2.75) is 42.5 Å². The average Bonchev–Trinajstić information content (AvgIpc) is 3.07. The number of carbonyl (C=O) groups excluding carboxylic acids is 1. The number of halogens is 3. The van der Waals surface area contributed by atoms with E-state index in [0.29, 0.717) is 33.5 Å². The highest BCUT2D eigenvalue weighted by Gasteiger charge is 2.59. The number of fused-ring (bicyclic) bond motifs is 2. The van der Waals surface area contributed by atoms with Crippen LogP contribution < -0.4 is 5.32 Å². The van der Waals surface area contributed by atoms with Crippen LogP contribution in [0.25, 0.3) is 22.3 Å². The number of hydrogen-bond acceptors (Lipinski definition) is 7. The van der Waals surface area contributed by atoms with Crippen LogP contribution in [0.5, 0.6) is 0 Å². The van der Waals surface area contributed by atoms with Crippen molar-refractivity contribution in [2.24, 2.45) is 0 Å². The van der Waals surface area contributed by atoms with E-state index in [2.05, 4.69) is 20.3 Å². The summed E-state index contributed by atoms with van der Waals surface area (Å²) in [6, 6.07) is 14.2. The van der Waals surface area contributed by atoms with Crippen LogP contribution in [-0.4, -0.2) is 47.6 Å². The van der Waals surface area contributed by atoms with Gasteiger partial charge >= 0.3 is 0 Å². The lowest BCUT2D eigenvalue weighted by atomic mass is 9.76. The lowest BCUT2D eigenvalue weighted by Gasteiger charge is -2.40. The molecule has 3 aromatic heterocycles. The quantitative estimate of drug-likeness (QED) is 0.377. The number of carbonyl (C=O) groups is 1. The molecular formula is C28H23F3N4O4S. The summed E-state index contributed by atoms with van der Waals surface area (Å²) >= 11 is 0. The first kappa shape index (κ1) is 26.3. The maximum absolute atomic E-state index is 14.9. The van der Waals surface area contributed by atoms with Gasteiger partial charge in [0.1, 0.15) is 0 Å². The molecule has 206 valence electrons. The van der Waals surface area contributed by atoms with Crippen LogP contribution >= 0.6 is 0 Å². The lowest BCUT2D eigenvalue weighted by Crippen LogP contribution is -2.46. The Labute approximate surface area is 227 Å². The topological polar surface area (TPSA) is 111 Å². The van der Waals surface area contributed by atoms with E-state index in [1.807, 2.05) is 0 Å². The molecule has 1 N–H and O–H groups in total. The largest absolute Gasteiger partial charge is 0.376 e. The predicted octanol–water partition coefficient (Wildman–Crippen LogP) is 4.52. The molecular weight excluding hydrogens is 545 g/mol. The molecule has 0 atom stereocenters. The van der Waals surface area contributed by atoms with Crippen molar-refractivity contribution in [3.63, 3.8) is 0 Å². The SMILES string of the molecule is O=C(NCc1cc2nc(-c3cccc(C4(F)CC(F)(F)C4)n3)ccc2cn1)c1ccc2c(c1)S(=O)(=O)CCOC2. The summed E-state index contributed by atoms with van der Waals surface area (Å²) in [4.78, 5) is 26.1. The van der Waals surface area contributed by atoms with Gasteiger partial charge in [0.15, 0.2) is 15.5 Å². The Morgan fingerprint density at radius 2 is 1.80 bits per heavy atom. The number of pyridine rings is 3. The molecule has 1 amide bonds. The van der Waals surface area contributed by atoms with E-state index in [9.17, 15) is 26.4 Å².